The number of pyridine rings is 1. The van der Waals surface area contributed by atoms with Crippen molar-refractivity contribution in [3.05, 3.63) is 28.4 Å². The number of hydrogen-bond acceptors (Lipinski definition) is 6. The Kier molecular flexibility index (Phi) is 4.18. The molecular weight excluding hydrogens is 286 g/mol. The number of nitrogens with zero attached hydrogens (tertiary/aromatic N) is 2. The zero-order chi connectivity index (χ0) is 15.8. The molecule has 0 saturated carbocycles. The Balaban J connectivity index is 3.09. The van der Waals surface area contributed by atoms with Gasteiger partial charge < -0.3 is 15.2 Å². The molecule has 0 aliphatic heterocycles. The summed E-state index contributed by atoms with van der Waals surface area (Å²) in [5.41, 5.74) is -2.43. The minimum atomic E-state index is -3.94. The minimum Gasteiger partial charge on any atom is -0.389 e. The molecule has 0 amide bonds. The number of sulfonamides is 1. The summed E-state index contributed by atoms with van der Waals surface area (Å²) in [6.07, 6.45) is 0.904. The Morgan fingerprint density at radius 1 is 1.30 bits per heavy atom. The molecule has 0 radical (unpaired) electrons. The second-order valence-corrected chi connectivity index (χ2v) is 7.08. The van der Waals surface area contributed by atoms with Gasteiger partial charge in [0.2, 0.25) is 10.0 Å². The molecule has 2 N–H and O–H groups in total. The molecule has 0 aliphatic carbocycles. The Hall–Kier alpha value is -1.58. The largest absolute Gasteiger partial charge is 0.389 e. The van der Waals surface area contributed by atoms with Crippen LogP contribution in [-0.2, 0) is 10.0 Å². The summed E-state index contributed by atoms with van der Waals surface area (Å²) in [6.45, 7) is 6.01. The van der Waals surface area contributed by atoms with Crippen LogP contribution in [0.15, 0.2) is 23.2 Å². The van der Waals surface area contributed by atoms with Crippen molar-refractivity contribution >= 4 is 15.8 Å². The fourth-order valence-corrected chi connectivity index (χ4v) is 2.64. The number of nitrogens with one attached hydrogen (secondary N) is 1. The van der Waals surface area contributed by atoms with E-state index in [1.54, 1.807) is 0 Å². The summed E-state index contributed by atoms with van der Waals surface area (Å²) in [4.78, 5) is 13.0. The van der Waals surface area contributed by atoms with Gasteiger partial charge in [-0.05, 0) is 43.7 Å². The van der Waals surface area contributed by atoms with Crippen molar-refractivity contribution in [2.24, 2.45) is 0 Å². The van der Waals surface area contributed by atoms with Gasteiger partial charge in [0.25, 0.3) is 0 Å². The summed E-state index contributed by atoms with van der Waals surface area (Å²) >= 11 is 0. The Morgan fingerprint density at radius 3 is 2.20 bits per heavy atom. The van der Waals surface area contributed by atoms with Crippen LogP contribution >= 0.6 is 0 Å². The summed E-state index contributed by atoms with van der Waals surface area (Å²) in [5.74, 6) is -0.439. The van der Waals surface area contributed by atoms with E-state index in [4.69, 9.17) is 0 Å². The van der Waals surface area contributed by atoms with Crippen molar-refractivity contribution in [3.8, 4) is 0 Å². The fraction of sp³-hybridized carbons (Fsp3) is 0.545. The van der Waals surface area contributed by atoms with Crippen LogP contribution in [0.3, 0.4) is 0 Å². The highest BCUT2D eigenvalue weighted by Crippen LogP contribution is 2.23. The predicted octanol–water partition coefficient (Wildman–Crippen LogP) is 0.818. The van der Waals surface area contributed by atoms with Gasteiger partial charge in [0.05, 0.1) is 11.1 Å². The highest BCUT2D eigenvalue weighted by atomic mass is 32.2. The first kappa shape index (κ1) is 16.5. The van der Waals surface area contributed by atoms with Crippen molar-refractivity contribution < 1.29 is 18.4 Å². The summed E-state index contributed by atoms with van der Waals surface area (Å²) in [7, 11) is -3.94. The lowest BCUT2D eigenvalue weighted by Gasteiger charge is -2.37. The molecule has 9 heteroatoms. The SMILES string of the molecule is CC(C)(O)C(C)(C)NS(=O)(=O)c1ccc([N+](=O)[O-])nc1. The molecular formula is C11H17N3O5S. The van der Waals surface area contributed by atoms with Gasteiger partial charge in [0, 0.05) is 6.07 Å². The molecule has 1 aromatic heterocycles. The molecule has 1 heterocycles. The predicted molar refractivity (Wildman–Crippen MR) is 71.6 cm³/mol. The Labute approximate surface area is 117 Å². The van der Waals surface area contributed by atoms with Crippen LogP contribution < -0.4 is 4.72 Å². The molecule has 8 nitrogen and oxygen atoms in total. The molecule has 20 heavy (non-hydrogen) atoms. The van der Waals surface area contributed by atoms with Crippen LogP contribution in [0.25, 0.3) is 0 Å². The van der Waals surface area contributed by atoms with Crippen molar-refractivity contribution in [3.63, 3.8) is 0 Å². The maximum Gasteiger partial charge on any atom is 0.363 e. The number of rotatable bonds is 5. The van der Waals surface area contributed by atoms with Crippen molar-refractivity contribution in [2.45, 2.75) is 43.7 Å². The van der Waals surface area contributed by atoms with E-state index in [0.29, 0.717) is 0 Å². The van der Waals surface area contributed by atoms with Crippen LogP contribution in [0.5, 0.6) is 0 Å². The molecule has 112 valence electrons. The second kappa shape index (κ2) is 5.08. The molecule has 0 spiro atoms. The molecule has 0 aromatic carbocycles. The van der Waals surface area contributed by atoms with E-state index in [-0.39, 0.29) is 4.90 Å². The quantitative estimate of drug-likeness (QED) is 0.613. The molecule has 0 atom stereocenters. The molecule has 1 rings (SSSR count). The van der Waals surface area contributed by atoms with Crippen molar-refractivity contribution in [1.82, 2.24) is 9.71 Å². The van der Waals surface area contributed by atoms with Gasteiger partial charge in [0.15, 0.2) is 6.20 Å². The third-order valence-corrected chi connectivity index (χ3v) is 4.78. The minimum absolute atomic E-state index is 0.208. The summed E-state index contributed by atoms with van der Waals surface area (Å²) in [6, 6.07) is 2.10. The lowest BCUT2D eigenvalue weighted by molar-refractivity contribution is -0.389. The van der Waals surface area contributed by atoms with E-state index in [1.807, 2.05) is 0 Å². The standard InChI is InChI=1S/C11H17N3O5S/c1-10(2,11(3,4)15)13-20(18,19)8-5-6-9(12-7-8)14(16)17/h5-7,13,15H,1-4H3. The van der Waals surface area contributed by atoms with Gasteiger partial charge in [-0.2, -0.15) is 0 Å². The van der Waals surface area contributed by atoms with Crippen LogP contribution in [0.4, 0.5) is 5.82 Å². The number of hydrogen-bond donors (Lipinski definition) is 2. The zero-order valence-electron chi connectivity index (χ0n) is 11.6. The Bertz CT molecular complexity index is 602. The van der Waals surface area contributed by atoms with Gasteiger partial charge in [-0.25, -0.2) is 13.1 Å². The van der Waals surface area contributed by atoms with Crippen LogP contribution in [0, 0.1) is 10.1 Å². The molecule has 0 unspecified atom stereocenters. The molecule has 0 saturated heterocycles. The highest BCUT2D eigenvalue weighted by molar-refractivity contribution is 7.89. The van der Waals surface area contributed by atoms with E-state index in [2.05, 4.69) is 9.71 Å². The Morgan fingerprint density at radius 2 is 1.85 bits per heavy atom. The zero-order valence-corrected chi connectivity index (χ0v) is 12.4. The van der Waals surface area contributed by atoms with E-state index in [9.17, 15) is 23.6 Å². The topological polar surface area (TPSA) is 122 Å². The maximum absolute atomic E-state index is 12.1. The van der Waals surface area contributed by atoms with E-state index >= 15 is 0 Å². The van der Waals surface area contributed by atoms with Crippen LogP contribution in [0.1, 0.15) is 27.7 Å². The number of aromatic nitrogens is 1. The van der Waals surface area contributed by atoms with Crippen molar-refractivity contribution in [1.29, 1.82) is 0 Å². The van der Waals surface area contributed by atoms with Gasteiger partial charge in [-0.15, -0.1) is 0 Å². The first-order valence-corrected chi connectivity index (χ1v) is 7.22. The van der Waals surface area contributed by atoms with E-state index < -0.39 is 31.9 Å². The highest BCUT2D eigenvalue weighted by Gasteiger charge is 2.39. The molecule has 0 bridgehead atoms. The second-order valence-electron chi connectivity index (χ2n) is 5.40. The third-order valence-electron chi connectivity index (χ3n) is 3.14. The first-order chi connectivity index (χ1) is 8.87. The summed E-state index contributed by atoms with van der Waals surface area (Å²) in [5, 5.41) is 20.4. The van der Waals surface area contributed by atoms with E-state index in [0.717, 1.165) is 18.3 Å². The lowest BCUT2D eigenvalue weighted by Crippen LogP contribution is -2.57. The third kappa shape index (κ3) is 3.50. The van der Waals surface area contributed by atoms with Gasteiger partial charge in [-0.1, -0.05) is 0 Å². The van der Waals surface area contributed by atoms with Crippen molar-refractivity contribution in [2.75, 3.05) is 0 Å². The number of nitro groups is 1. The summed E-state index contributed by atoms with van der Waals surface area (Å²) < 4.78 is 26.6. The average Bonchev–Trinajstić information content (AvgIpc) is 2.26. The van der Waals surface area contributed by atoms with Gasteiger partial charge in [0.1, 0.15) is 4.90 Å². The molecule has 0 fully saturated rings. The lowest BCUT2D eigenvalue weighted by atomic mass is 9.87. The van der Waals surface area contributed by atoms with Crippen LogP contribution in [-0.4, -0.2) is 34.6 Å². The normalized spacial score (nSPS) is 13.2. The molecule has 1 aromatic rings. The maximum atomic E-state index is 12.1. The molecule has 0 aliphatic rings. The van der Waals surface area contributed by atoms with Crippen LogP contribution in [0.2, 0.25) is 0 Å². The number of aliphatic hydroxyl groups is 1. The monoisotopic (exact) mass is 303 g/mol. The van der Waals surface area contributed by atoms with Gasteiger partial charge in [-0.3, -0.25) is 0 Å². The van der Waals surface area contributed by atoms with Gasteiger partial charge >= 0.3 is 5.82 Å². The fourth-order valence-electron chi connectivity index (χ4n) is 1.16. The first-order valence-electron chi connectivity index (χ1n) is 5.74. The smallest absolute Gasteiger partial charge is 0.363 e. The average molecular weight is 303 g/mol. The van der Waals surface area contributed by atoms with E-state index in [1.165, 1.54) is 27.7 Å².